The van der Waals surface area contributed by atoms with Crippen molar-refractivity contribution in [1.82, 2.24) is 5.01 Å². The third-order valence-electron chi connectivity index (χ3n) is 6.93. The van der Waals surface area contributed by atoms with Gasteiger partial charge in [0.25, 0.3) is 5.91 Å². The van der Waals surface area contributed by atoms with Crippen LogP contribution in [-0.4, -0.2) is 37.5 Å². The van der Waals surface area contributed by atoms with Crippen molar-refractivity contribution in [1.29, 1.82) is 0 Å². The molecule has 2 atom stereocenters. The monoisotopic (exact) mass is 518 g/mol. The number of carbonyl (C=O) groups excluding carboxylic acids is 1. The fourth-order valence-electron chi connectivity index (χ4n) is 5.14. The van der Waals surface area contributed by atoms with Gasteiger partial charge >= 0.3 is 6.61 Å². The second-order valence-electron chi connectivity index (χ2n) is 9.20. The van der Waals surface area contributed by atoms with Crippen LogP contribution in [0.15, 0.2) is 83.5 Å². The summed E-state index contributed by atoms with van der Waals surface area (Å²) < 4.78 is 40.7. The van der Waals surface area contributed by atoms with E-state index >= 15 is 0 Å². The van der Waals surface area contributed by atoms with Crippen LogP contribution >= 0.6 is 0 Å². The third-order valence-corrected chi connectivity index (χ3v) is 6.93. The van der Waals surface area contributed by atoms with Gasteiger partial charge in [-0.3, -0.25) is 4.79 Å². The quantitative estimate of drug-likeness (QED) is 0.348. The Morgan fingerprint density at radius 3 is 2.32 bits per heavy atom. The van der Waals surface area contributed by atoms with Crippen molar-refractivity contribution >= 4 is 17.7 Å². The summed E-state index contributed by atoms with van der Waals surface area (Å²) in [6, 6.07) is 20.9. The van der Waals surface area contributed by atoms with Crippen molar-refractivity contribution in [3.8, 4) is 17.2 Å². The molecule has 5 rings (SSSR count). The molecule has 196 valence electrons. The normalized spacial score (nSPS) is 19.8. The Morgan fingerprint density at radius 1 is 0.974 bits per heavy atom. The van der Waals surface area contributed by atoms with Gasteiger partial charge in [-0.1, -0.05) is 30.3 Å². The van der Waals surface area contributed by atoms with Gasteiger partial charge in [-0.2, -0.15) is 13.9 Å². The zero-order chi connectivity index (χ0) is 26.6. The number of rotatable bonds is 7. The first-order valence-corrected chi connectivity index (χ1v) is 12.4. The number of fused-ring (bicyclic) bond motifs is 1. The van der Waals surface area contributed by atoms with E-state index in [9.17, 15) is 13.6 Å². The van der Waals surface area contributed by atoms with E-state index in [0.717, 1.165) is 47.4 Å². The molecule has 0 spiro atoms. The first kappa shape index (κ1) is 25.4. The maximum atomic E-state index is 13.8. The van der Waals surface area contributed by atoms with E-state index in [1.54, 1.807) is 20.3 Å². The molecule has 3 aromatic carbocycles. The van der Waals surface area contributed by atoms with Gasteiger partial charge in [0.2, 0.25) is 0 Å². The molecule has 0 N–H and O–H groups in total. The third kappa shape index (κ3) is 5.25. The van der Waals surface area contributed by atoms with Gasteiger partial charge in [0, 0.05) is 11.5 Å². The zero-order valence-electron chi connectivity index (χ0n) is 21.1. The van der Waals surface area contributed by atoms with Crippen molar-refractivity contribution < 1.29 is 27.8 Å². The molecule has 38 heavy (non-hydrogen) atoms. The highest BCUT2D eigenvalue weighted by Gasteiger charge is 2.44. The van der Waals surface area contributed by atoms with Crippen LogP contribution in [0.5, 0.6) is 17.2 Å². The van der Waals surface area contributed by atoms with Crippen LogP contribution in [-0.2, 0) is 0 Å². The number of methoxy groups -OCH3 is 2. The second-order valence-corrected chi connectivity index (χ2v) is 9.20. The molecule has 0 aromatic heterocycles. The molecule has 1 amide bonds. The van der Waals surface area contributed by atoms with Crippen LogP contribution in [0, 0.1) is 5.92 Å². The fraction of sp³-hybridized carbons (Fsp3) is 0.267. The van der Waals surface area contributed by atoms with Gasteiger partial charge in [0.1, 0.15) is 17.2 Å². The number of amides is 1. The highest BCUT2D eigenvalue weighted by molar-refractivity contribution is 6.09. The molecule has 1 saturated carbocycles. The standard InChI is InChI=1S/C30H28F2N2O4/c1-36-23-13-9-19(10-14-23)17-21-5-4-8-26-27(21)33-34(28(26)20-11-15-24(37-2)16-12-20)29(35)22-6-3-7-25(18-22)38-30(31)32/h3,6-7,9-18,26,28,30H,4-5,8H2,1-2H3/b21-17+/t26-,28+/m0/s1. The molecule has 1 heterocycles. The molecule has 0 saturated heterocycles. The molecule has 8 heteroatoms. The maximum Gasteiger partial charge on any atom is 0.387 e. The lowest BCUT2D eigenvalue weighted by molar-refractivity contribution is -0.0499. The Kier molecular flexibility index (Phi) is 7.40. The summed E-state index contributed by atoms with van der Waals surface area (Å²) in [6.45, 7) is -2.98. The number of nitrogens with zero attached hydrogens (tertiary/aromatic N) is 2. The Balaban J connectivity index is 1.54. The fourth-order valence-corrected chi connectivity index (χ4v) is 5.14. The minimum absolute atomic E-state index is 0.00825. The first-order chi connectivity index (χ1) is 18.5. The van der Waals surface area contributed by atoms with Crippen molar-refractivity contribution in [3.63, 3.8) is 0 Å². The molecule has 0 bridgehead atoms. The van der Waals surface area contributed by atoms with Crippen molar-refractivity contribution in [3.05, 3.63) is 95.1 Å². The lowest BCUT2D eigenvalue weighted by atomic mass is 9.77. The van der Waals surface area contributed by atoms with Crippen LogP contribution in [0.3, 0.4) is 0 Å². The highest BCUT2D eigenvalue weighted by atomic mass is 19.3. The lowest BCUT2D eigenvalue weighted by Crippen LogP contribution is -2.32. The SMILES string of the molecule is COc1ccc(/C=C2\CCC[C@H]3C2=NN(C(=O)c2cccc(OC(F)F)c2)[C@@H]3c2ccc(OC)cc2)cc1. The molecule has 1 aliphatic carbocycles. The number of allylic oxidation sites excluding steroid dienone is 1. The van der Waals surface area contributed by atoms with E-state index in [1.165, 1.54) is 23.2 Å². The molecular formula is C30H28F2N2O4. The van der Waals surface area contributed by atoms with Gasteiger partial charge in [-0.05, 0) is 84.5 Å². The summed E-state index contributed by atoms with van der Waals surface area (Å²) in [5.74, 6) is 1.03. The van der Waals surface area contributed by atoms with Crippen LogP contribution in [0.2, 0.25) is 0 Å². The van der Waals surface area contributed by atoms with Crippen LogP contribution in [0.25, 0.3) is 6.08 Å². The molecule has 1 aliphatic heterocycles. The number of hydrogen-bond donors (Lipinski definition) is 0. The van der Waals surface area contributed by atoms with Crippen molar-refractivity contribution in [2.45, 2.75) is 31.9 Å². The van der Waals surface area contributed by atoms with E-state index in [0.29, 0.717) is 5.75 Å². The van der Waals surface area contributed by atoms with Gasteiger partial charge in [0.15, 0.2) is 0 Å². The van der Waals surface area contributed by atoms with Crippen LogP contribution in [0.4, 0.5) is 8.78 Å². The summed E-state index contributed by atoms with van der Waals surface area (Å²) in [6.07, 6.45) is 4.78. The minimum atomic E-state index is -2.98. The number of halogens is 2. The number of benzene rings is 3. The molecule has 6 nitrogen and oxygen atoms in total. The Morgan fingerprint density at radius 2 is 1.66 bits per heavy atom. The van der Waals surface area contributed by atoms with Crippen molar-refractivity contribution in [2.75, 3.05) is 14.2 Å². The average molecular weight is 519 g/mol. The molecule has 2 aliphatic rings. The number of hydrogen-bond acceptors (Lipinski definition) is 5. The predicted octanol–water partition coefficient (Wildman–Crippen LogP) is 6.74. The topological polar surface area (TPSA) is 60.4 Å². The predicted molar refractivity (Wildman–Crippen MR) is 141 cm³/mol. The van der Waals surface area contributed by atoms with E-state index in [-0.39, 0.29) is 29.2 Å². The first-order valence-electron chi connectivity index (χ1n) is 12.4. The number of hydrazone groups is 1. The average Bonchev–Trinajstić information content (AvgIpc) is 3.33. The maximum absolute atomic E-state index is 13.8. The van der Waals surface area contributed by atoms with Gasteiger partial charge < -0.3 is 14.2 Å². The number of ether oxygens (including phenoxy) is 3. The Hall–Kier alpha value is -4.20. The lowest BCUT2D eigenvalue weighted by Gasteiger charge is -2.29. The van der Waals surface area contributed by atoms with Gasteiger partial charge in [-0.25, -0.2) is 5.01 Å². The summed E-state index contributed by atoms with van der Waals surface area (Å²) in [4.78, 5) is 13.8. The largest absolute Gasteiger partial charge is 0.497 e. The number of alkyl halides is 2. The smallest absolute Gasteiger partial charge is 0.387 e. The van der Waals surface area contributed by atoms with E-state index in [4.69, 9.17) is 14.6 Å². The molecule has 0 unspecified atom stereocenters. The zero-order valence-corrected chi connectivity index (χ0v) is 21.1. The van der Waals surface area contributed by atoms with Gasteiger partial charge in [0.05, 0.1) is 26.0 Å². The van der Waals surface area contributed by atoms with E-state index in [2.05, 4.69) is 10.8 Å². The number of carbonyl (C=O) groups is 1. The summed E-state index contributed by atoms with van der Waals surface area (Å²) >= 11 is 0. The van der Waals surface area contributed by atoms with Gasteiger partial charge in [-0.15, -0.1) is 0 Å². The van der Waals surface area contributed by atoms with Crippen LogP contribution in [0.1, 0.15) is 46.8 Å². The van der Waals surface area contributed by atoms with E-state index in [1.807, 2.05) is 48.5 Å². The summed E-state index contributed by atoms with van der Waals surface area (Å²) in [5, 5.41) is 6.37. The van der Waals surface area contributed by atoms with Crippen molar-refractivity contribution in [2.24, 2.45) is 11.0 Å². The minimum Gasteiger partial charge on any atom is -0.497 e. The van der Waals surface area contributed by atoms with Crippen LogP contribution < -0.4 is 14.2 Å². The molecule has 1 fully saturated rings. The highest BCUT2D eigenvalue weighted by Crippen LogP contribution is 2.45. The second kappa shape index (κ2) is 11.0. The Bertz CT molecular complexity index is 1350. The van der Waals surface area contributed by atoms with E-state index < -0.39 is 6.61 Å². The molecule has 3 aromatic rings. The summed E-state index contributed by atoms with van der Waals surface area (Å²) in [5.41, 5.74) is 4.13. The summed E-state index contributed by atoms with van der Waals surface area (Å²) in [7, 11) is 3.24. The molecule has 0 radical (unpaired) electrons. The Labute approximate surface area is 220 Å². The molecular weight excluding hydrogens is 490 g/mol.